The third-order valence-electron chi connectivity index (χ3n) is 7.65. The molecule has 0 aliphatic carbocycles. The summed E-state index contributed by atoms with van der Waals surface area (Å²) in [6, 6.07) is 12.6. The lowest BCUT2D eigenvalue weighted by Crippen LogP contribution is -2.56. The van der Waals surface area contributed by atoms with E-state index in [9.17, 15) is 33.4 Å². The molecule has 0 saturated carbocycles. The lowest BCUT2D eigenvalue weighted by atomic mass is 9.98. The van der Waals surface area contributed by atoms with Gasteiger partial charge >= 0.3 is 0 Å². The van der Waals surface area contributed by atoms with Crippen LogP contribution in [0.3, 0.4) is 0 Å². The maximum Gasteiger partial charge on any atom is 0.254 e. The molecule has 3 aromatic rings. The highest BCUT2D eigenvalue weighted by atomic mass is 32.2. The highest BCUT2D eigenvalue weighted by Crippen LogP contribution is 2.35. The molecule has 2 heterocycles. The SMILES string of the molecule is Cc1c(O)cccc1C(=O)N[C@@H](Cc1ccccc1)[C@H](O)C(=O)N1CSC[C@H]1C(=O)N[C@H]1CCOc2c(F)cc(F)cc21. The van der Waals surface area contributed by atoms with Gasteiger partial charge in [0.05, 0.1) is 24.6 Å². The average Bonchev–Trinajstić information content (AvgIpc) is 3.49. The summed E-state index contributed by atoms with van der Waals surface area (Å²) in [5, 5.41) is 26.9. The summed E-state index contributed by atoms with van der Waals surface area (Å²) in [6.45, 7) is 1.70. The Labute approximate surface area is 251 Å². The van der Waals surface area contributed by atoms with Crippen molar-refractivity contribution in [1.29, 1.82) is 0 Å². The van der Waals surface area contributed by atoms with E-state index in [0.29, 0.717) is 11.6 Å². The van der Waals surface area contributed by atoms with E-state index in [-0.39, 0.29) is 53.7 Å². The van der Waals surface area contributed by atoms with E-state index in [1.54, 1.807) is 31.2 Å². The molecular formula is C31H31F2N3O6S. The van der Waals surface area contributed by atoms with Gasteiger partial charge < -0.3 is 30.5 Å². The number of aliphatic hydroxyl groups is 1. The van der Waals surface area contributed by atoms with Crippen LogP contribution >= 0.6 is 11.8 Å². The summed E-state index contributed by atoms with van der Waals surface area (Å²) in [5.41, 5.74) is 1.47. The van der Waals surface area contributed by atoms with E-state index in [1.165, 1.54) is 34.9 Å². The van der Waals surface area contributed by atoms with Gasteiger partial charge in [-0.05, 0) is 37.1 Å². The van der Waals surface area contributed by atoms with Crippen molar-refractivity contribution < 1.29 is 38.1 Å². The minimum absolute atomic E-state index is 0.0653. The number of fused-ring (bicyclic) bond motifs is 1. The van der Waals surface area contributed by atoms with Crippen LogP contribution < -0.4 is 15.4 Å². The summed E-state index contributed by atoms with van der Waals surface area (Å²) in [4.78, 5) is 41.6. The molecular weight excluding hydrogens is 580 g/mol. The van der Waals surface area contributed by atoms with Crippen molar-refractivity contribution in [2.45, 2.75) is 44.0 Å². The molecule has 12 heteroatoms. The number of benzene rings is 3. The Hall–Kier alpha value is -4.16. The molecule has 5 rings (SSSR count). The zero-order valence-corrected chi connectivity index (χ0v) is 24.1. The highest BCUT2D eigenvalue weighted by Gasteiger charge is 2.41. The number of nitrogens with zero attached hydrogens (tertiary/aromatic N) is 1. The van der Waals surface area contributed by atoms with Crippen molar-refractivity contribution in [2.75, 3.05) is 18.2 Å². The number of phenols is 1. The summed E-state index contributed by atoms with van der Waals surface area (Å²) in [7, 11) is 0. The van der Waals surface area contributed by atoms with Crippen LogP contribution in [0.1, 0.15) is 39.5 Å². The van der Waals surface area contributed by atoms with E-state index in [4.69, 9.17) is 4.74 Å². The Morgan fingerprint density at radius 1 is 1.12 bits per heavy atom. The fourth-order valence-corrected chi connectivity index (χ4v) is 6.45. The van der Waals surface area contributed by atoms with Crippen LogP contribution in [0.15, 0.2) is 60.7 Å². The zero-order chi connectivity index (χ0) is 30.7. The molecule has 2 aliphatic heterocycles. The number of hydrogen-bond donors (Lipinski definition) is 4. The van der Waals surface area contributed by atoms with Gasteiger partial charge in [-0.3, -0.25) is 14.4 Å². The Morgan fingerprint density at radius 2 is 1.88 bits per heavy atom. The van der Waals surface area contributed by atoms with Gasteiger partial charge in [-0.15, -0.1) is 11.8 Å². The predicted octanol–water partition coefficient (Wildman–Crippen LogP) is 3.22. The predicted molar refractivity (Wildman–Crippen MR) is 156 cm³/mol. The summed E-state index contributed by atoms with van der Waals surface area (Å²) >= 11 is 1.32. The van der Waals surface area contributed by atoms with Gasteiger partial charge in [-0.25, -0.2) is 8.78 Å². The van der Waals surface area contributed by atoms with Crippen LogP contribution in [0.2, 0.25) is 0 Å². The molecule has 1 saturated heterocycles. The molecule has 1 fully saturated rings. The molecule has 0 spiro atoms. The van der Waals surface area contributed by atoms with Crippen LogP contribution in [0, 0.1) is 18.6 Å². The van der Waals surface area contributed by atoms with Crippen LogP contribution in [-0.4, -0.2) is 69.3 Å². The molecule has 2 aliphatic rings. The van der Waals surface area contributed by atoms with E-state index >= 15 is 0 Å². The second kappa shape index (κ2) is 13.0. The van der Waals surface area contributed by atoms with Gasteiger partial charge in [0.2, 0.25) is 5.91 Å². The van der Waals surface area contributed by atoms with Crippen LogP contribution in [-0.2, 0) is 16.0 Å². The monoisotopic (exact) mass is 611 g/mol. The highest BCUT2D eigenvalue weighted by molar-refractivity contribution is 7.99. The maximum absolute atomic E-state index is 14.3. The molecule has 0 radical (unpaired) electrons. The van der Waals surface area contributed by atoms with E-state index in [1.807, 2.05) is 6.07 Å². The Kier molecular flexibility index (Phi) is 9.16. The van der Waals surface area contributed by atoms with Crippen LogP contribution in [0.25, 0.3) is 0 Å². The van der Waals surface area contributed by atoms with Crippen LogP contribution in [0.5, 0.6) is 11.5 Å². The minimum Gasteiger partial charge on any atom is -0.508 e. The maximum atomic E-state index is 14.3. The third kappa shape index (κ3) is 6.60. The summed E-state index contributed by atoms with van der Waals surface area (Å²) < 4.78 is 33.6. The number of carbonyl (C=O) groups is 3. The molecule has 3 amide bonds. The number of rotatable bonds is 8. The first-order chi connectivity index (χ1) is 20.6. The van der Waals surface area contributed by atoms with E-state index in [0.717, 1.165) is 11.6 Å². The zero-order valence-electron chi connectivity index (χ0n) is 23.3. The largest absolute Gasteiger partial charge is 0.508 e. The first-order valence-electron chi connectivity index (χ1n) is 13.8. The molecule has 43 heavy (non-hydrogen) atoms. The van der Waals surface area contributed by atoms with Crippen molar-refractivity contribution in [2.24, 2.45) is 0 Å². The first kappa shape index (κ1) is 30.3. The van der Waals surface area contributed by atoms with E-state index in [2.05, 4.69) is 10.6 Å². The number of thioether (sulfide) groups is 1. The molecule has 3 aromatic carbocycles. The van der Waals surface area contributed by atoms with Crippen molar-refractivity contribution in [1.82, 2.24) is 15.5 Å². The van der Waals surface area contributed by atoms with Gasteiger partial charge in [0.25, 0.3) is 11.8 Å². The number of aliphatic hydroxyl groups excluding tert-OH is 1. The van der Waals surface area contributed by atoms with Gasteiger partial charge in [0.15, 0.2) is 17.7 Å². The minimum atomic E-state index is -1.71. The second-order valence-corrected chi connectivity index (χ2v) is 11.5. The van der Waals surface area contributed by atoms with Gasteiger partial charge in [0, 0.05) is 34.9 Å². The average molecular weight is 612 g/mol. The Balaban J connectivity index is 1.34. The van der Waals surface area contributed by atoms with Crippen LogP contribution in [0.4, 0.5) is 8.78 Å². The number of ether oxygens (including phenoxy) is 1. The lowest BCUT2D eigenvalue weighted by molar-refractivity contribution is -0.146. The molecule has 0 unspecified atom stereocenters. The Morgan fingerprint density at radius 3 is 2.65 bits per heavy atom. The van der Waals surface area contributed by atoms with Gasteiger partial charge in [-0.1, -0.05) is 36.4 Å². The topological polar surface area (TPSA) is 128 Å². The fraction of sp³-hybridized carbons (Fsp3) is 0.323. The van der Waals surface area contributed by atoms with Gasteiger partial charge in [0.1, 0.15) is 17.6 Å². The molecule has 0 bridgehead atoms. The lowest BCUT2D eigenvalue weighted by Gasteiger charge is -2.32. The van der Waals surface area contributed by atoms with Crippen molar-refractivity contribution in [3.63, 3.8) is 0 Å². The number of nitrogens with one attached hydrogen (secondary N) is 2. The molecule has 4 N–H and O–H groups in total. The number of phenolic OH excluding ortho intramolecular Hbond substituents is 1. The number of hydrogen-bond acceptors (Lipinski definition) is 7. The molecule has 9 nitrogen and oxygen atoms in total. The number of amides is 3. The standard InChI is InChI=1S/C31H31F2N3O6S/c1-17-20(8-5-9-26(17)37)29(39)35-24(12-18-6-3-2-4-7-18)27(38)31(41)36-16-43-15-25(36)30(40)34-23-10-11-42-28-21(23)13-19(32)14-22(28)33/h2-9,13-14,23-25,27,37-38H,10-12,15-16H2,1H3,(H,34,40)(H,35,39)/t23-,24-,25-,27-/m0/s1. The first-order valence-corrected chi connectivity index (χ1v) is 14.9. The summed E-state index contributed by atoms with van der Waals surface area (Å²) in [5.74, 6) is -3.34. The normalized spacial score (nSPS) is 19.1. The van der Waals surface area contributed by atoms with Crippen molar-refractivity contribution in [3.05, 3.63) is 94.6 Å². The van der Waals surface area contributed by atoms with E-state index < -0.39 is 53.6 Å². The quantitative estimate of drug-likeness (QED) is 0.308. The molecule has 0 aromatic heterocycles. The fourth-order valence-electron chi connectivity index (χ4n) is 5.29. The molecule has 4 atom stereocenters. The smallest absolute Gasteiger partial charge is 0.254 e. The van der Waals surface area contributed by atoms with Gasteiger partial charge in [-0.2, -0.15) is 0 Å². The van der Waals surface area contributed by atoms with Crippen molar-refractivity contribution >= 4 is 29.5 Å². The number of aromatic hydroxyl groups is 1. The Bertz CT molecular complexity index is 1520. The second-order valence-electron chi connectivity index (χ2n) is 10.5. The van der Waals surface area contributed by atoms with Crippen molar-refractivity contribution in [3.8, 4) is 11.5 Å². The number of halogens is 2. The molecule has 226 valence electrons. The third-order valence-corrected chi connectivity index (χ3v) is 8.66. The summed E-state index contributed by atoms with van der Waals surface area (Å²) in [6.07, 6.45) is -1.31. The number of carbonyl (C=O) groups excluding carboxylic acids is 3.